The minimum absolute atomic E-state index is 0.166. The van der Waals surface area contributed by atoms with Crippen LogP contribution in [0, 0.1) is 11.3 Å². The lowest BCUT2D eigenvalue weighted by atomic mass is 10.3. The molecule has 3 aromatic rings. The molecule has 0 aliphatic heterocycles. The first-order chi connectivity index (χ1) is 8.76. The Morgan fingerprint density at radius 1 is 1.39 bits per heavy atom. The number of aromatic nitrogens is 3. The molecule has 0 fully saturated rings. The first kappa shape index (κ1) is 10.5. The van der Waals surface area contributed by atoms with E-state index in [1.807, 2.05) is 31.2 Å². The fraction of sp³-hybridized carbons (Fsp3) is 0.154. The summed E-state index contributed by atoms with van der Waals surface area (Å²) in [5.41, 5.74) is 2.12. The minimum atomic E-state index is -0.166. The van der Waals surface area contributed by atoms with E-state index >= 15 is 0 Å². The van der Waals surface area contributed by atoms with Crippen LogP contribution in [-0.4, -0.2) is 14.0 Å². The lowest BCUT2D eigenvalue weighted by Crippen LogP contribution is -2.26. The molecule has 5 nitrogen and oxygen atoms in total. The summed E-state index contributed by atoms with van der Waals surface area (Å²) in [6.45, 7) is 2.39. The molecule has 0 aliphatic rings. The fourth-order valence-corrected chi connectivity index (χ4v) is 2.10. The third-order valence-corrected chi connectivity index (χ3v) is 2.98. The van der Waals surface area contributed by atoms with Crippen molar-refractivity contribution in [1.29, 1.82) is 5.26 Å². The van der Waals surface area contributed by atoms with Gasteiger partial charge in [0, 0.05) is 12.7 Å². The van der Waals surface area contributed by atoms with Gasteiger partial charge < -0.3 is 0 Å². The largest absolute Gasteiger partial charge is 0.334 e. The number of imidazole rings is 1. The van der Waals surface area contributed by atoms with Gasteiger partial charge in [0.15, 0.2) is 5.65 Å². The van der Waals surface area contributed by atoms with Crippen LogP contribution in [0.15, 0.2) is 35.3 Å². The number of fused-ring (bicyclic) bond motifs is 3. The van der Waals surface area contributed by atoms with Crippen LogP contribution < -0.4 is 5.69 Å². The number of rotatable bonds is 1. The number of para-hydroxylation sites is 2. The SMILES string of the molecule is CCn1cc(C#N)c2nc3ccccc3n2c1=O. The van der Waals surface area contributed by atoms with E-state index in [0.29, 0.717) is 17.8 Å². The van der Waals surface area contributed by atoms with Crippen LogP contribution in [0.2, 0.25) is 0 Å². The Morgan fingerprint density at radius 3 is 2.89 bits per heavy atom. The summed E-state index contributed by atoms with van der Waals surface area (Å²) in [5, 5.41) is 9.15. The summed E-state index contributed by atoms with van der Waals surface area (Å²) >= 11 is 0. The molecule has 2 aromatic heterocycles. The number of hydrogen-bond donors (Lipinski definition) is 0. The fourth-order valence-electron chi connectivity index (χ4n) is 2.10. The summed E-state index contributed by atoms with van der Waals surface area (Å²) in [6.07, 6.45) is 1.56. The standard InChI is InChI=1S/C13H10N4O/c1-2-16-8-9(7-14)12-15-10-5-3-4-6-11(10)17(12)13(16)18/h3-6,8H,2H2,1H3. The van der Waals surface area contributed by atoms with E-state index in [2.05, 4.69) is 11.1 Å². The van der Waals surface area contributed by atoms with Gasteiger partial charge in [0.25, 0.3) is 0 Å². The molecule has 0 saturated carbocycles. The molecule has 2 heterocycles. The molecule has 3 rings (SSSR count). The molecule has 0 bridgehead atoms. The monoisotopic (exact) mass is 238 g/mol. The van der Waals surface area contributed by atoms with Crippen molar-refractivity contribution < 1.29 is 0 Å². The maximum atomic E-state index is 12.3. The predicted octanol–water partition coefficient (Wildman–Crippen LogP) is 1.54. The second kappa shape index (κ2) is 3.70. The molecule has 0 amide bonds. The summed E-state index contributed by atoms with van der Waals surface area (Å²) < 4.78 is 3.01. The minimum Gasteiger partial charge on any atom is -0.299 e. The van der Waals surface area contributed by atoms with Crippen LogP contribution in [0.25, 0.3) is 16.7 Å². The Bertz CT molecular complexity index is 851. The molecule has 0 atom stereocenters. The van der Waals surface area contributed by atoms with Gasteiger partial charge in [-0.3, -0.25) is 4.57 Å². The zero-order valence-electron chi connectivity index (χ0n) is 9.79. The van der Waals surface area contributed by atoms with E-state index in [-0.39, 0.29) is 5.69 Å². The zero-order chi connectivity index (χ0) is 12.7. The van der Waals surface area contributed by atoms with E-state index in [0.717, 1.165) is 11.0 Å². The Kier molecular flexibility index (Phi) is 2.17. The average Bonchev–Trinajstić information content (AvgIpc) is 2.79. The third kappa shape index (κ3) is 1.26. The lowest BCUT2D eigenvalue weighted by Gasteiger charge is -2.04. The Labute approximate surface area is 103 Å². The number of nitriles is 1. The molecule has 18 heavy (non-hydrogen) atoms. The van der Waals surface area contributed by atoms with Crippen LogP contribution in [-0.2, 0) is 6.54 Å². The molecule has 0 unspecified atom stereocenters. The van der Waals surface area contributed by atoms with Gasteiger partial charge in [-0.05, 0) is 19.1 Å². The van der Waals surface area contributed by atoms with Crippen LogP contribution >= 0.6 is 0 Å². The third-order valence-electron chi connectivity index (χ3n) is 2.98. The number of aryl methyl sites for hydroxylation is 1. The molecule has 5 heteroatoms. The van der Waals surface area contributed by atoms with E-state index in [1.165, 1.54) is 8.97 Å². The first-order valence-corrected chi connectivity index (χ1v) is 5.67. The summed E-state index contributed by atoms with van der Waals surface area (Å²) in [7, 11) is 0. The van der Waals surface area contributed by atoms with Crippen molar-refractivity contribution in [2.75, 3.05) is 0 Å². The van der Waals surface area contributed by atoms with Crippen molar-refractivity contribution in [3.8, 4) is 6.07 Å². The predicted molar refractivity (Wildman–Crippen MR) is 67.3 cm³/mol. The van der Waals surface area contributed by atoms with Gasteiger partial charge in [0.1, 0.15) is 11.6 Å². The highest BCUT2D eigenvalue weighted by Gasteiger charge is 2.12. The number of nitrogens with zero attached hydrogens (tertiary/aromatic N) is 4. The first-order valence-electron chi connectivity index (χ1n) is 5.67. The van der Waals surface area contributed by atoms with Crippen molar-refractivity contribution in [2.45, 2.75) is 13.5 Å². The number of hydrogen-bond acceptors (Lipinski definition) is 3. The summed E-state index contributed by atoms with van der Waals surface area (Å²) in [5.74, 6) is 0. The molecule has 0 saturated heterocycles. The van der Waals surface area contributed by atoms with Crippen LogP contribution in [0.1, 0.15) is 12.5 Å². The normalized spacial score (nSPS) is 10.9. The number of benzene rings is 1. The van der Waals surface area contributed by atoms with Gasteiger partial charge in [0.05, 0.1) is 11.0 Å². The molecular formula is C13H10N4O. The smallest absolute Gasteiger partial charge is 0.299 e. The van der Waals surface area contributed by atoms with Crippen molar-refractivity contribution in [2.24, 2.45) is 0 Å². The zero-order valence-corrected chi connectivity index (χ0v) is 9.79. The van der Waals surface area contributed by atoms with Crippen molar-refractivity contribution in [1.82, 2.24) is 14.0 Å². The molecule has 0 aliphatic carbocycles. The van der Waals surface area contributed by atoms with Crippen LogP contribution in [0.5, 0.6) is 0 Å². The van der Waals surface area contributed by atoms with Gasteiger partial charge in [-0.25, -0.2) is 14.2 Å². The van der Waals surface area contributed by atoms with Gasteiger partial charge in [-0.2, -0.15) is 5.26 Å². The highest BCUT2D eigenvalue weighted by atomic mass is 16.1. The summed E-state index contributed by atoms with van der Waals surface area (Å²) in [6, 6.07) is 9.47. The Morgan fingerprint density at radius 2 is 2.17 bits per heavy atom. The van der Waals surface area contributed by atoms with Crippen molar-refractivity contribution in [3.05, 3.63) is 46.5 Å². The molecular weight excluding hydrogens is 228 g/mol. The molecule has 0 spiro atoms. The Hall–Kier alpha value is -2.61. The van der Waals surface area contributed by atoms with Crippen molar-refractivity contribution in [3.63, 3.8) is 0 Å². The molecule has 1 aromatic carbocycles. The second-order valence-electron chi connectivity index (χ2n) is 3.98. The maximum absolute atomic E-state index is 12.3. The lowest BCUT2D eigenvalue weighted by molar-refractivity contribution is 0.690. The highest BCUT2D eigenvalue weighted by Crippen LogP contribution is 2.16. The quantitative estimate of drug-likeness (QED) is 0.646. The van der Waals surface area contributed by atoms with Gasteiger partial charge in [-0.1, -0.05) is 12.1 Å². The van der Waals surface area contributed by atoms with Crippen LogP contribution in [0.3, 0.4) is 0 Å². The van der Waals surface area contributed by atoms with E-state index < -0.39 is 0 Å². The molecule has 0 radical (unpaired) electrons. The molecule has 88 valence electrons. The van der Waals surface area contributed by atoms with E-state index in [9.17, 15) is 4.79 Å². The van der Waals surface area contributed by atoms with E-state index in [4.69, 9.17) is 5.26 Å². The maximum Gasteiger partial charge on any atom is 0.334 e. The topological polar surface area (TPSA) is 63.1 Å². The Balaban J connectivity index is 2.65. The van der Waals surface area contributed by atoms with E-state index in [1.54, 1.807) is 6.20 Å². The van der Waals surface area contributed by atoms with Crippen molar-refractivity contribution >= 4 is 16.7 Å². The second-order valence-corrected chi connectivity index (χ2v) is 3.98. The van der Waals surface area contributed by atoms with Gasteiger partial charge in [-0.15, -0.1) is 0 Å². The average molecular weight is 238 g/mol. The van der Waals surface area contributed by atoms with Crippen LogP contribution in [0.4, 0.5) is 0 Å². The van der Waals surface area contributed by atoms with Gasteiger partial charge >= 0.3 is 5.69 Å². The summed E-state index contributed by atoms with van der Waals surface area (Å²) in [4.78, 5) is 16.6. The van der Waals surface area contributed by atoms with Gasteiger partial charge in [0.2, 0.25) is 0 Å². The highest BCUT2D eigenvalue weighted by molar-refractivity contribution is 5.81. The molecule has 0 N–H and O–H groups in total.